The Morgan fingerprint density at radius 3 is 0.752 bits per heavy atom. The maximum absolute atomic E-state index is 13.1. The highest BCUT2D eigenvalue weighted by molar-refractivity contribution is 7.47. The molecule has 600 valence electrons. The number of esters is 4. The van der Waals surface area contributed by atoms with Crippen LogP contribution in [-0.4, -0.2) is 96.7 Å². The number of unbranched alkanes of at least 4 members (excludes halogenated alkanes) is 50. The molecule has 101 heavy (non-hydrogen) atoms. The van der Waals surface area contributed by atoms with Gasteiger partial charge in [-0.3, -0.25) is 37.3 Å². The van der Waals surface area contributed by atoms with Gasteiger partial charge in [-0.2, -0.15) is 0 Å². The van der Waals surface area contributed by atoms with Crippen molar-refractivity contribution in [3.63, 3.8) is 0 Å². The Hall–Kier alpha value is -1.94. The first-order valence-electron chi connectivity index (χ1n) is 42.5. The Balaban J connectivity index is 5.23. The first-order valence-corrected chi connectivity index (χ1v) is 45.5. The highest BCUT2D eigenvalue weighted by atomic mass is 31.2. The van der Waals surface area contributed by atoms with Crippen molar-refractivity contribution < 1.29 is 80.2 Å². The second-order valence-electron chi connectivity index (χ2n) is 30.2. The van der Waals surface area contributed by atoms with Gasteiger partial charge in [0.2, 0.25) is 0 Å². The van der Waals surface area contributed by atoms with Crippen molar-refractivity contribution in [1.29, 1.82) is 0 Å². The summed E-state index contributed by atoms with van der Waals surface area (Å²) >= 11 is 0. The predicted molar refractivity (Wildman–Crippen MR) is 414 cm³/mol. The van der Waals surface area contributed by atoms with Crippen LogP contribution in [0.15, 0.2) is 0 Å². The topological polar surface area (TPSA) is 237 Å². The number of phosphoric acid groups is 2. The maximum Gasteiger partial charge on any atom is 0.472 e. The molecule has 6 atom stereocenters. The molecule has 3 N–H and O–H groups in total. The van der Waals surface area contributed by atoms with Gasteiger partial charge in [0.1, 0.15) is 19.3 Å². The molecule has 0 bridgehead atoms. The maximum atomic E-state index is 13.1. The van der Waals surface area contributed by atoms with E-state index in [-0.39, 0.29) is 25.7 Å². The third kappa shape index (κ3) is 74.7. The molecule has 0 amide bonds. The summed E-state index contributed by atoms with van der Waals surface area (Å²) in [6.45, 7) is 9.63. The molecule has 0 aliphatic rings. The van der Waals surface area contributed by atoms with Crippen LogP contribution < -0.4 is 0 Å². The number of carbonyl (C=O) groups is 4. The van der Waals surface area contributed by atoms with E-state index in [9.17, 15) is 43.2 Å². The van der Waals surface area contributed by atoms with Gasteiger partial charge >= 0.3 is 39.5 Å². The van der Waals surface area contributed by atoms with E-state index in [4.69, 9.17) is 37.0 Å². The van der Waals surface area contributed by atoms with Crippen molar-refractivity contribution >= 4 is 39.5 Å². The highest BCUT2D eigenvalue weighted by Crippen LogP contribution is 2.45. The van der Waals surface area contributed by atoms with Gasteiger partial charge in [0, 0.05) is 25.7 Å². The Morgan fingerprint density at radius 1 is 0.287 bits per heavy atom. The average Bonchev–Trinajstić information content (AvgIpc) is 0.974. The van der Waals surface area contributed by atoms with Gasteiger partial charge in [-0.1, -0.05) is 382 Å². The molecule has 0 spiro atoms. The van der Waals surface area contributed by atoms with Crippen molar-refractivity contribution in [2.24, 2.45) is 11.8 Å². The summed E-state index contributed by atoms with van der Waals surface area (Å²) in [5, 5.41) is 10.6. The molecular formula is C82H160O17P2. The molecule has 0 saturated heterocycles. The van der Waals surface area contributed by atoms with E-state index in [2.05, 4.69) is 41.5 Å². The zero-order valence-electron chi connectivity index (χ0n) is 66.2. The number of carbonyl (C=O) groups excluding carboxylic acids is 4. The van der Waals surface area contributed by atoms with E-state index < -0.39 is 97.5 Å². The number of hydrogen-bond acceptors (Lipinski definition) is 15. The molecule has 0 radical (unpaired) electrons. The molecule has 3 unspecified atom stereocenters. The van der Waals surface area contributed by atoms with Crippen molar-refractivity contribution in [1.82, 2.24) is 0 Å². The van der Waals surface area contributed by atoms with Crippen molar-refractivity contribution in [2.45, 2.75) is 452 Å². The average molecular weight is 1480 g/mol. The Labute approximate surface area is 619 Å². The van der Waals surface area contributed by atoms with Gasteiger partial charge in [-0.15, -0.1) is 0 Å². The quantitative estimate of drug-likeness (QED) is 0.0222. The lowest BCUT2D eigenvalue weighted by Gasteiger charge is -2.21. The van der Waals surface area contributed by atoms with E-state index in [0.29, 0.717) is 25.7 Å². The van der Waals surface area contributed by atoms with Gasteiger partial charge < -0.3 is 33.8 Å². The zero-order valence-corrected chi connectivity index (χ0v) is 68.0. The first kappa shape index (κ1) is 99.1. The van der Waals surface area contributed by atoms with Crippen molar-refractivity contribution in [3.05, 3.63) is 0 Å². The summed E-state index contributed by atoms with van der Waals surface area (Å²) in [4.78, 5) is 73.1. The highest BCUT2D eigenvalue weighted by Gasteiger charge is 2.30. The van der Waals surface area contributed by atoms with E-state index in [1.165, 1.54) is 244 Å². The Morgan fingerprint density at radius 2 is 0.505 bits per heavy atom. The fourth-order valence-corrected chi connectivity index (χ4v) is 14.3. The molecule has 0 aliphatic carbocycles. The standard InChI is InChI=1S/C82H160O17P2/c1-7-10-12-14-16-18-20-22-24-25-26-27-28-29-35-39-43-47-55-61-67-81(86)98-77(70-92-79(84)64-58-52-45-41-37-34-31-30-32-36-40-44-50-56-62-74(4)5)72-96-100(88,89)94-68-76(83)69-95-101(90,91)97-73-78(71-93-80(85)65-59-53-49-48-51-57-63-75(6)9-3)99-82(87)66-60-54-46-42-38-33-23-21-19-17-15-13-11-8-2/h74-78,83H,7-73H2,1-6H3,(H,88,89)(H,90,91)/t75?,76-,77-,78-/m1/s1. The monoisotopic (exact) mass is 1480 g/mol. The predicted octanol–water partition coefficient (Wildman–Crippen LogP) is 24.7. The molecule has 0 aromatic heterocycles. The van der Waals surface area contributed by atoms with Gasteiger partial charge in [0.05, 0.1) is 26.4 Å². The number of hydrogen-bond donors (Lipinski definition) is 3. The number of phosphoric ester groups is 2. The zero-order chi connectivity index (χ0) is 74.2. The van der Waals surface area contributed by atoms with Crippen LogP contribution >= 0.6 is 15.6 Å². The van der Waals surface area contributed by atoms with Crippen LogP contribution in [0.1, 0.15) is 433 Å². The number of aliphatic hydroxyl groups excluding tert-OH is 1. The number of aliphatic hydroxyl groups is 1. The van der Waals surface area contributed by atoms with E-state index in [1.807, 2.05) is 0 Å². The second kappa shape index (κ2) is 73.6. The van der Waals surface area contributed by atoms with Crippen LogP contribution in [0.4, 0.5) is 0 Å². The minimum Gasteiger partial charge on any atom is -0.462 e. The lowest BCUT2D eigenvalue weighted by Crippen LogP contribution is -2.30. The molecule has 17 nitrogen and oxygen atoms in total. The summed E-state index contributed by atoms with van der Waals surface area (Å²) in [6.07, 6.45) is 63.9. The van der Waals surface area contributed by atoms with Crippen LogP contribution in [-0.2, 0) is 65.4 Å². The second-order valence-corrected chi connectivity index (χ2v) is 33.1. The normalized spacial score (nSPS) is 14.2. The third-order valence-electron chi connectivity index (χ3n) is 19.6. The van der Waals surface area contributed by atoms with Gasteiger partial charge in [0.25, 0.3) is 0 Å². The summed E-state index contributed by atoms with van der Waals surface area (Å²) in [5.41, 5.74) is 0. The summed E-state index contributed by atoms with van der Waals surface area (Å²) in [6, 6.07) is 0. The lowest BCUT2D eigenvalue weighted by molar-refractivity contribution is -0.161. The minimum absolute atomic E-state index is 0.107. The summed E-state index contributed by atoms with van der Waals surface area (Å²) in [5.74, 6) is -0.577. The number of ether oxygens (including phenoxy) is 4. The SMILES string of the molecule is CCCCCCCCCCCCCCCCCCCCCCC(=O)O[C@H](COC(=O)CCCCCCCCCCCCCCCCC(C)C)COP(=O)(O)OC[C@@H](O)COP(=O)(O)OC[C@@H](COC(=O)CCCCCCCCC(C)CC)OC(=O)CCCCCCCCCCCCCCCC. The lowest BCUT2D eigenvalue weighted by atomic mass is 10.00. The van der Waals surface area contributed by atoms with Gasteiger partial charge in [-0.25, -0.2) is 9.13 Å². The van der Waals surface area contributed by atoms with Crippen molar-refractivity contribution in [3.8, 4) is 0 Å². The van der Waals surface area contributed by atoms with Crippen LogP contribution in [0.25, 0.3) is 0 Å². The smallest absolute Gasteiger partial charge is 0.462 e. The summed E-state index contributed by atoms with van der Waals surface area (Å²) in [7, 11) is -9.92. The van der Waals surface area contributed by atoms with Gasteiger partial charge in [-0.05, 0) is 37.5 Å². The molecule has 0 aliphatic heterocycles. The Bertz CT molecular complexity index is 1940. The molecule has 0 fully saturated rings. The molecular weight excluding hydrogens is 1320 g/mol. The molecule has 19 heteroatoms. The van der Waals surface area contributed by atoms with E-state index >= 15 is 0 Å². The van der Waals surface area contributed by atoms with Gasteiger partial charge in [0.15, 0.2) is 12.2 Å². The van der Waals surface area contributed by atoms with Crippen LogP contribution in [0.5, 0.6) is 0 Å². The minimum atomic E-state index is -4.96. The summed E-state index contributed by atoms with van der Waals surface area (Å²) < 4.78 is 68.7. The van der Waals surface area contributed by atoms with Crippen LogP contribution in [0.3, 0.4) is 0 Å². The van der Waals surface area contributed by atoms with Crippen LogP contribution in [0, 0.1) is 11.8 Å². The molecule has 0 aromatic carbocycles. The molecule has 0 heterocycles. The largest absolute Gasteiger partial charge is 0.472 e. The fraction of sp³-hybridized carbons (Fsp3) is 0.951. The fourth-order valence-electron chi connectivity index (χ4n) is 12.7. The molecule has 0 aromatic rings. The number of rotatable bonds is 81. The van der Waals surface area contributed by atoms with E-state index in [0.717, 1.165) is 108 Å². The third-order valence-corrected chi connectivity index (χ3v) is 21.5. The van der Waals surface area contributed by atoms with Crippen molar-refractivity contribution in [2.75, 3.05) is 39.6 Å². The molecule has 0 rings (SSSR count). The van der Waals surface area contributed by atoms with E-state index in [1.54, 1.807) is 0 Å². The van der Waals surface area contributed by atoms with Crippen LogP contribution in [0.2, 0.25) is 0 Å². The molecule has 0 saturated carbocycles. The Kier molecular flexibility index (Phi) is 72.2. The first-order chi connectivity index (χ1) is 48.9.